The molecular formula is C17H20FN3O5. The normalized spacial score (nSPS) is 19.0. The first-order valence-corrected chi connectivity index (χ1v) is 8.08. The van der Waals surface area contributed by atoms with Gasteiger partial charge in [-0.25, -0.2) is 4.39 Å². The van der Waals surface area contributed by atoms with Crippen molar-refractivity contribution in [1.82, 2.24) is 10.6 Å². The summed E-state index contributed by atoms with van der Waals surface area (Å²) >= 11 is 0. The van der Waals surface area contributed by atoms with Crippen LogP contribution in [0.25, 0.3) is 0 Å². The fourth-order valence-electron chi connectivity index (χ4n) is 2.55. The first kappa shape index (κ1) is 19.4. The maximum Gasteiger partial charge on any atom is 0.325 e. The van der Waals surface area contributed by atoms with Crippen LogP contribution >= 0.6 is 0 Å². The van der Waals surface area contributed by atoms with Crippen molar-refractivity contribution in [2.45, 2.75) is 32.4 Å². The fourth-order valence-corrected chi connectivity index (χ4v) is 2.55. The van der Waals surface area contributed by atoms with Crippen molar-refractivity contribution in [3.8, 4) is 0 Å². The predicted molar refractivity (Wildman–Crippen MR) is 89.7 cm³/mol. The Labute approximate surface area is 149 Å². The van der Waals surface area contributed by atoms with Gasteiger partial charge in [0.25, 0.3) is 0 Å². The molecule has 0 radical (unpaired) electrons. The van der Waals surface area contributed by atoms with Gasteiger partial charge in [-0.1, -0.05) is 0 Å². The van der Waals surface area contributed by atoms with E-state index < -0.39 is 41.6 Å². The lowest BCUT2D eigenvalue weighted by molar-refractivity contribution is -0.141. The number of nitrogens with one attached hydrogen (secondary N) is 2. The summed E-state index contributed by atoms with van der Waals surface area (Å²) in [6.07, 6.45) is -0.0247. The lowest BCUT2D eigenvalue weighted by Gasteiger charge is -2.19. The van der Waals surface area contributed by atoms with Crippen LogP contribution in [0.1, 0.15) is 20.3 Å². The number of hydrogen-bond donors (Lipinski definition) is 3. The Hall–Kier alpha value is -2.97. The van der Waals surface area contributed by atoms with Crippen LogP contribution in [0.5, 0.6) is 0 Å². The van der Waals surface area contributed by atoms with Crippen LogP contribution in [0.15, 0.2) is 24.3 Å². The molecule has 140 valence electrons. The number of halogens is 1. The van der Waals surface area contributed by atoms with Crippen LogP contribution in [-0.2, 0) is 19.2 Å². The zero-order valence-electron chi connectivity index (χ0n) is 14.4. The highest BCUT2D eigenvalue weighted by molar-refractivity contribution is 6.01. The van der Waals surface area contributed by atoms with Gasteiger partial charge in [0.1, 0.15) is 17.9 Å². The second-order valence-corrected chi connectivity index (χ2v) is 6.18. The Bertz CT molecular complexity index is 722. The Kier molecular flexibility index (Phi) is 5.91. The van der Waals surface area contributed by atoms with Crippen molar-refractivity contribution in [1.29, 1.82) is 0 Å². The van der Waals surface area contributed by atoms with Crippen molar-refractivity contribution in [3.05, 3.63) is 30.1 Å². The van der Waals surface area contributed by atoms with Crippen molar-refractivity contribution in [3.63, 3.8) is 0 Å². The molecule has 9 heteroatoms. The van der Waals surface area contributed by atoms with Gasteiger partial charge in [0.2, 0.25) is 17.7 Å². The number of carbonyl (C=O) groups is 4. The van der Waals surface area contributed by atoms with Crippen LogP contribution in [0.3, 0.4) is 0 Å². The minimum Gasteiger partial charge on any atom is -0.480 e. The van der Waals surface area contributed by atoms with E-state index >= 15 is 0 Å². The van der Waals surface area contributed by atoms with E-state index in [9.17, 15) is 23.6 Å². The molecule has 0 aromatic heterocycles. The molecule has 3 N–H and O–H groups in total. The van der Waals surface area contributed by atoms with E-state index in [-0.39, 0.29) is 18.9 Å². The van der Waals surface area contributed by atoms with Gasteiger partial charge in [-0.15, -0.1) is 0 Å². The van der Waals surface area contributed by atoms with E-state index in [1.54, 1.807) is 0 Å². The predicted octanol–water partition coefficient (Wildman–Crippen LogP) is 0.273. The Morgan fingerprint density at radius 1 is 1.15 bits per heavy atom. The first-order chi connectivity index (χ1) is 12.2. The molecule has 1 heterocycles. The van der Waals surface area contributed by atoms with E-state index in [1.165, 1.54) is 43.0 Å². The Morgan fingerprint density at radius 2 is 1.77 bits per heavy atom. The molecule has 1 saturated heterocycles. The van der Waals surface area contributed by atoms with Crippen molar-refractivity contribution in [2.24, 2.45) is 5.92 Å². The van der Waals surface area contributed by atoms with Gasteiger partial charge >= 0.3 is 5.97 Å². The number of anilines is 1. The molecule has 3 amide bonds. The fraction of sp³-hybridized carbons (Fsp3) is 0.412. The van der Waals surface area contributed by atoms with Gasteiger partial charge < -0.3 is 20.6 Å². The van der Waals surface area contributed by atoms with E-state index in [2.05, 4.69) is 10.6 Å². The number of nitrogens with zero attached hydrogens (tertiary/aromatic N) is 1. The molecule has 0 aliphatic carbocycles. The number of carbonyl (C=O) groups excluding carboxylic acids is 3. The highest BCUT2D eigenvalue weighted by Gasteiger charge is 2.36. The number of hydrogen-bond acceptors (Lipinski definition) is 4. The van der Waals surface area contributed by atoms with Gasteiger partial charge in [0.15, 0.2) is 0 Å². The molecule has 1 aromatic rings. The summed E-state index contributed by atoms with van der Waals surface area (Å²) in [5, 5.41) is 13.5. The molecule has 2 rings (SSSR count). The average Bonchev–Trinajstić information content (AvgIpc) is 2.97. The summed E-state index contributed by atoms with van der Waals surface area (Å²) in [5.41, 5.74) is 0.493. The van der Waals surface area contributed by atoms with E-state index in [1.807, 2.05) is 0 Å². The third-order valence-corrected chi connectivity index (χ3v) is 4.12. The molecule has 8 nitrogen and oxygen atoms in total. The highest BCUT2D eigenvalue weighted by Crippen LogP contribution is 2.25. The number of rotatable bonds is 6. The van der Waals surface area contributed by atoms with Gasteiger partial charge in [0.05, 0.1) is 5.92 Å². The zero-order valence-corrected chi connectivity index (χ0v) is 14.4. The number of amides is 3. The molecule has 1 aliphatic rings. The molecule has 1 fully saturated rings. The topological polar surface area (TPSA) is 116 Å². The van der Waals surface area contributed by atoms with Crippen LogP contribution in [0, 0.1) is 11.7 Å². The van der Waals surface area contributed by atoms with Crippen molar-refractivity contribution >= 4 is 29.4 Å². The summed E-state index contributed by atoms with van der Waals surface area (Å²) in [6.45, 7) is 2.86. The maximum atomic E-state index is 13.0. The monoisotopic (exact) mass is 365 g/mol. The Balaban J connectivity index is 1.94. The third kappa shape index (κ3) is 4.56. The number of aliphatic carboxylic acids is 1. The first-order valence-electron chi connectivity index (χ1n) is 8.08. The van der Waals surface area contributed by atoms with Crippen LogP contribution in [0.4, 0.5) is 10.1 Å². The molecule has 1 unspecified atom stereocenters. The smallest absolute Gasteiger partial charge is 0.325 e. The average molecular weight is 365 g/mol. The van der Waals surface area contributed by atoms with Crippen molar-refractivity contribution in [2.75, 3.05) is 11.4 Å². The molecule has 26 heavy (non-hydrogen) atoms. The minimum absolute atomic E-state index is 0.0247. The van der Waals surface area contributed by atoms with Gasteiger partial charge in [0, 0.05) is 18.7 Å². The molecule has 1 aromatic carbocycles. The van der Waals surface area contributed by atoms with E-state index in [0.29, 0.717) is 5.69 Å². The quantitative estimate of drug-likeness (QED) is 0.669. The van der Waals surface area contributed by atoms with Crippen molar-refractivity contribution < 1.29 is 28.7 Å². The van der Waals surface area contributed by atoms with Crippen LogP contribution in [-0.4, -0.2) is 47.4 Å². The largest absolute Gasteiger partial charge is 0.480 e. The highest BCUT2D eigenvalue weighted by atomic mass is 19.1. The molecular weight excluding hydrogens is 345 g/mol. The minimum atomic E-state index is -1.19. The Morgan fingerprint density at radius 3 is 2.35 bits per heavy atom. The summed E-state index contributed by atoms with van der Waals surface area (Å²) < 4.78 is 13.0. The standard InChI is InChI=1S/C17H20FN3O5/c1-9(15(23)20-10(2)17(25)26)19-16(24)11-7-14(22)21(8-11)13-5-3-12(18)4-6-13/h3-6,9-11H,7-8H2,1-2H3,(H,19,24)(H,20,23)(H,25,26)/t9-,10-,11?/m0/s1. The SMILES string of the molecule is C[C@H](NC(=O)[C@H](C)NC(=O)C1CC(=O)N(c2ccc(F)cc2)C1)C(=O)O. The molecule has 3 atom stereocenters. The van der Waals surface area contributed by atoms with Crippen LogP contribution in [0.2, 0.25) is 0 Å². The second-order valence-electron chi connectivity index (χ2n) is 6.18. The van der Waals surface area contributed by atoms with Gasteiger partial charge in [-0.05, 0) is 38.1 Å². The third-order valence-electron chi connectivity index (χ3n) is 4.12. The number of carboxylic acid groups (broad SMARTS) is 1. The maximum absolute atomic E-state index is 13.0. The van der Waals surface area contributed by atoms with E-state index in [4.69, 9.17) is 5.11 Å². The molecule has 0 spiro atoms. The molecule has 1 aliphatic heterocycles. The lowest BCUT2D eigenvalue weighted by atomic mass is 10.1. The van der Waals surface area contributed by atoms with Gasteiger partial charge in [-0.3, -0.25) is 19.2 Å². The lowest BCUT2D eigenvalue weighted by Crippen LogP contribution is -2.50. The second kappa shape index (κ2) is 7.94. The zero-order chi connectivity index (χ0) is 19.4. The molecule has 0 saturated carbocycles. The van der Waals surface area contributed by atoms with Crippen LogP contribution < -0.4 is 15.5 Å². The molecule has 0 bridgehead atoms. The summed E-state index contributed by atoms with van der Waals surface area (Å²) in [4.78, 5) is 48.5. The van der Waals surface area contributed by atoms with Gasteiger partial charge in [-0.2, -0.15) is 0 Å². The van der Waals surface area contributed by atoms with E-state index in [0.717, 1.165) is 0 Å². The summed E-state index contributed by atoms with van der Waals surface area (Å²) in [5.74, 6) is -3.65. The summed E-state index contributed by atoms with van der Waals surface area (Å²) in [6, 6.07) is 3.34. The number of benzene rings is 1. The summed E-state index contributed by atoms with van der Waals surface area (Å²) in [7, 11) is 0. The number of carboxylic acids is 1.